The maximum atomic E-state index is 5.54. The SMILES string of the molecule is C#C[C@H]1C[C@@H](C)CC[C@H]1C(C)C. The standard InChI is InChI=1S/C12H20/c1-5-11-8-10(4)6-7-12(11)9(2)3/h1,9-12H,6-8H2,2-4H3/t10-,11-,12-/m0/s1. The lowest BCUT2D eigenvalue weighted by Crippen LogP contribution is -2.26. The first kappa shape index (κ1) is 9.65. The first-order valence-electron chi connectivity index (χ1n) is 5.11. The molecule has 68 valence electrons. The topological polar surface area (TPSA) is 0 Å². The van der Waals surface area contributed by atoms with Crippen LogP contribution in [0.2, 0.25) is 0 Å². The minimum atomic E-state index is 0.550. The Morgan fingerprint density at radius 3 is 2.50 bits per heavy atom. The van der Waals surface area contributed by atoms with Gasteiger partial charge in [0.15, 0.2) is 0 Å². The van der Waals surface area contributed by atoms with E-state index in [9.17, 15) is 0 Å². The predicted octanol–water partition coefficient (Wildman–Crippen LogP) is 3.33. The molecule has 12 heavy (non-hydrogen) atoms. The number of hydrogen-bond donors (Lipinski definition) is 0. The quantitative estimate of drug-likeness (QED) is 0.521. The molecule has 0 N–H and O–H groups in total. The third-order valence-corrected chi connectivity index (χ3v) is 3.24. The van der Waals surface area contributed by atoms with E-state index in [4.69, 9.17) is 6.42 Å². The van der Waals surface area contributed by atoms with Gasteiger partial charge in [0.05, 0.1) is 0 Å². The van der Waals surface area contributed by atoms with Crippen LogP contribution in [0.4, 0.5) is 0 Å². The van der Waals surface area contributed by atoms with Gasteiger partial charge in [-0.1, -0.05) is 27.2 Å². The number of terminal acetylenes is 1. The molecule has 0 unspecified atom stereocenters. The monoisotopic (exact) mass is 164 g/mol. The van der Waals surface area contributed by atoms with E-state index in [1.165, 1.54) is 19.3 Å². The van der Waals surface area contributed by atoms with Crippen LogP contribution in [-0.4, -0.2) is 0 Å². The van der Waals surface area contributed by atoms with Crippen LogP contribution < -0.4 is 0 Å². The second-order valence-electron chi connectivity index (χ2n) is 4.60. The molecule has 0 radical (unpaired) electrons. The third-order valence-electron chi connectivity index (χ3n) is 3.24. The Hall–Kier alpha value is -0.440. The summed E-state index contributed by atoms with van der Waals surface area (Å²) in [4.78, 5) is 0. The molecule has 0 aliphatic heterocycles. The Labute approximate surface area is 76.7 Å². The first-order valence-corrected chi connectivity index (χ1v) is 5.11. The highest BCUT2D eigenvalue weighted by Gasteiger charge is 2.28. The fraction of sp³-hybridized carbons (Fsp3) is 0.833. The Kier molecular flexibility index (Phi) is 3.20. The van der Waals surface area contributed by atoms with Gasteiger partial charge in [0.1, 0.15) is 0 Å². The van der Waals surface area contributed by atoms with Gasteiger partial charge in [-0.2, -0.15) is 0 Å². The van der Waals surface area contributed by atoms with E-state index in [1.807, 2.05) is 0 Å². The molecule has 0 heteroatoms. The molecule has 0 saturated heterocycles. The van der Waals surface area contributed by atoms with E-state index in [0.29, 0.717) is 5.92 Å². The van der Waals surface area contributed by atoms with E-state index < -0.39 is 0 Å². The van der Waals surface area contributed by atoms with Crippen molar-refractivity contribution in [2.24, 2.45) is 23.7 Å². The summed E-state index contributed by atoms with van der Waals surface area (Å²) >= 11 is 0. The van der Waals surface area contributed by atoms with Crippen molar-refractivity contribution in [1.82, 2.24) is 0 Å². The zero-order valence-electron chi connectivity index (χ0n) is 8.51. The molecule has 0 spiro atoms. The normalized spacial score (nSPS) is 36.4. The zero-order chi connectivity index (χ0) is 9.14. The van der Waals surface area contributed by atoms with Crippen LogP contribution in [0.3, 0.4) is 0 Å². The van der Waals surface area contributed by atoms with Crippen molar-refractivity contribution in [3.63, 3.8) is 0 Å². The second kappa shape index (κ2) is 3.99. The van der Waals surface area contributed by atoms with E-state index in [2.05, 4.69) is 26.7 Å². The Bertz CT molecular complexity index is 173. The van der Waals surface area contributed by atoms with E-state index in [0.717, 1.165) is 17.8 Å². The van der Waals surface area contributed by atoms with Crippen LogP contribution >= 0.6 is 0 Å². The lowest BCUT2D eigenvalue weighted by atomic mass is 9.70. The summed E-state index contributed by atoms with van der Waals surface area (Å²) in [6.07, 6.45) is 9.51. The minimum absolute atomic E-state index is 0.550. The smallest absolute Gasteiger partial charge is 0.0233 e. The lowest BCUT2D eigenvalue weighted by molar-refractivity contribution is 0.185. The fourth-order valence-corrected chi connectivity index (χ4v) is 2.39. The molecule has 1 aliphatic carbocycles. The third kappa shape index (κ3) is 2.03. The van der Waals surface area contributed by atoms with Crippen molar-refractivity contribution in [3.05, 3.63) is 0 Å². The van der Waals surface area contributed by atoms with Gasteiger partial charge in [0.25, 0.3) is 0 Å². The molecule has 0 aromatic heterocycles. The van der Waals surface area contributed by atoms with Crippen molar-refractivity contribution >= 4 is 0 Å². The molecule has 1 saturated carbocycles. The van der Waals surface area contributed by atoms with Gasteiger partial charge in [0.2, 0.25) is 0 Å². The summed E-state index contributed by atoms with van der Waals surface area (Å²) in [5, 5.41) is 0. The van der Waals surface area contributed by atoms with Crippen LogP contribution in [0.25, 0.3) is 0 Å². The molecular formula is C12H20. The highest BCUT2D eigenvalue weighted by molar-refractivity contribution is 4.99. The van der Waals surface area contributed by atoms with Gasteiger partial charge in [-0.3, -0.25) is 0 Å². The Balaban J connectivity index is 2.58. The van der Waals surface area contributed by atoms with Gasteiger partial charge in [-0.25, -0.2) is 0 Å². The number of hydrogen-bond acceptors (Lipinski definition) is 0. The second-order valence-corrected chi connectivity index (χ2v) is 4.60. The van der Waals surface area contributed by atoms with E-state index in [1.54, 1.807) is 0 Å². The highest BCUT2D eigenvalue weighted by atomic mass is 14.3. The molecule has 0 bridgehead atoms. The van der Waals surface area contributed by atoms with Gasteiger partial charge in [-0.15, -0.1) is 12.3 Å². The summed E-state index contributed by atoms with van der Waals surface area (Å²) in [7, 11) is 0. The summed E-state index contributed by atoms with van der Waals surface area (Å²) in [5.41, 5.74) is 0. The van der Waals surface area contributed by atoms with E-state index >= 15 is 0 Å². The maximum absolute atomic E-state index is 5.54. The number of rotatable bonds is 1. The highest BCUT2D eigenvalue weighted by Crippen LogP contribution is 2.37. The van der Waals surface area contributed by atoms with Crippen molar-refractivity contribution in [2.45, 2.75) is 40.0 Å². The van der Waals surface area contributed by atoms with Gasteiger partial charge < -0.3 is 0 Å². The predicted molar refractivity (Wildman–Crippen MR) is 53.7 cm³/mol. The lowest BCUT2D eigenvalue weighted by Gasteiger charge is -2.34. The Morgan fingerprint density at radius 1 is 1.33 bits per heavy atom. The molecular weight excluding hydrogens is 144 g/mol. The van der Waals surface area contributed by atoms with Crippen molar-refractivity contribution in [1.29, 1.82) is 0 Å². The minimum Gasteiger partial charge on any atom is -0.120 e. The van der Waals surface area contributed by atoms with Crippen LogP contribution in [0.1, 0.15) is 40.0 Å². The van der Waals surface area contributed by atoms with Crippen LogP contribution in [0.5, 0.6) is 0 Å². The van der Waals surface area contributed by atoms with Gasteiger partial charge in [0, 0.05) is 5.92 Å². The first-order chi connectivity index (χ1) is 5.65. The molecule has 0 aromatic rings. The van der Waals surface area contributed by atoms with Crippen LogP contribution in [0, 0.1) is 36.0 Å². The summed E-state index contributed by atoms with van der Waals surface area (Å²) < 4.78 is 0. The molecule has 0 aromatic carbocycles. The van der Waals surface area contributed by atoms with Crippen LogP contribution in [-0.2, 0) is 0 Å². The molecule has 0 heterocycles. The molecule has 0 nitrogen and oxygen atoms in total. The van der Waals surface area contributed by atoms with E-state index in [-0.39, 0.29) is 0 Å². The maximum Gasteiger partial charge on any atom is 0.0233 e. The molecule has 0 amide bonds. The van der Waals surface area contributed by atoms with Crippen molar-refractivity contribution < 1.29 is 0 Å². The average Bonchev–Trinajstić information content (AvgIpc) is 2.03. The fourth-order valence-electron chi connectivity index (χ4n) is 2.39. The molecule has 1 rings (SSSR count). The average molecular weight is 164 g/mol. The summed E-state index contributed by atoms with van der Waals surface area (Å²) in [6, 6.07) is 0. The molecule has 3 atom stereocenters. The van der Waals surface area contributed by atoms with Crippen molar-refractivity contribution in [3.8, 4) is 12.3 Å². The molecule has 1 aliphatic rings. The van der Waals surface area contributed by atoms with Crippen molar-refractivity contribution in [2.75, 3.05) is 0 Å². The van der Waals surface area contributed by atoms with Gasteiger partial charge in [-0.05, 0) is 30.6 Å². The zero-order valence-corrected chi connectivity index (χ0v) is 8.51. The largest absolute Gasteiger partial charge is 0.120 e. The van der Waals surface area contributed by atoms with Crippen LogP contribution in [0.15, 0.2) is 0 Å². The summed E-state index contributed by atoms with van der Waals surface area (Å²) in [5.74, 6) is 5.91. The van der Waals surface area contributed by atoms with Gasteiger partial charge >= 0.3 is 0 Å². The summed E-state index contributed by atoms with van der Waals surface area (Å²) in [6.45, 7) is 6.91. The molecule has 1 fully saturated rings. The Morgan fingerprint density at radius 2 is 2.00 bits per heavy atom.